The Morgan fingerprint density at radius 3 is 3.00 bits per heavy atom. The van der Waals surface area contributed by atoms with Crippen molar-refractivity contribution in [3.63, 3.8) is 0 Å². The maximum atomic E-state index is 13.1. The number of nitrogens with one attached hydrogen (secondary N) is 2. The first-order chi connectivity index (χ1) is 12.5. The standard InChI is InChI=1S/C18H18ClFN4O2/c1-12(11-26-16-4-2-3-14(20)7-16)22-18(25)21-8-15-10-24-9-13(19)5-6-17(24)23-15/h2-7,9-10,12H,8,11H2,1H3,(H2,21,22,25)/t12-/m0/s1. The summed E-state index contributed by atoms with van der Waals surface area (Å²) in [6, 6.07) is 8.83. The second kappa shape index (κ2) is 8.05. The lowest BCUT2D eigenvalue weighted by atomic mass is 10.3. The van der Waals surface area contributed by atoms with Crippen molar-refractivity contribution < 1.29 is 13.9 Å². The normalized spacial score (nSPS) is 12.0. The van der Waals surface area contributed by atoms with Crippen LogP contribution in [0.25, 0.3) is 5.65 Å². The predicted molar refractivity (Wildman–Crippen MR) is 96.9 cm³/mol. The first-order valence-electron chi connectivity index (χ1n) is 8.05. The average molecular weight is 377 g/mol. The van der Waals surface area contributed by atoms with E-state index in [4.69, 9.17) is 16.3 Å². The number of hydrogen-bond acceptors (Lipinski definition) is 3. The van der Waals surface area contributed by atoms with Gasteiger partial charge in [-0.1, -0.05) is 17.7 Å². The number of urea groups is 1. The summed E-state index contributed by atoms with van der Waals surface area (Å²) in [5, 5.41) is 6.10. The second-order valence-electron chi connectivity index (χ2n) is 5.84. The van der Waals surface area contributed by atoms with Crippen LogP contribution in [0.15, 0.2) is 48.8 Å². The fraction of sp³-hybridized carbons (Fsp3) is 0.222. The molecule has 0 aliphatic carbocycles. The summed E-state index contributed by atoms with van der Waals surface area (Å²) >= 11 is 5.93. The zero-order valence-electron chi connectivity index (χ0n) is 14.1. The van der Waals surface area contributed by atoms with Crippen molar-refractivity contribution >= 4 is 23.3 Å². The molecule has 1 atom stereocenters. The number of carbonyl (C=O) groups is 1. The smallest absolute Gasteiger partial charge is 0.315 e. The number of amides is 2. The van der Waals surface area contributed by atoms with Gasteiger partial charge in [-0.15, -0.1) is 0 Å². The number of carbonyl (C=O) groups excluding carboxylic acids is 1. The van der Waals surface area contributed by atoms with Crippen molar-refractivity contribution in [3.05, 3.63) is 65.3 Å². The molecule has 2 N–H and O–H groups in total. The van der Waals surface area contributed by atoms with E-state index in [0.29, 0.717) is 16.5 Å². The summed E-state index contributed by atoms with van der Waals surface area (Å²) in [6.07, 6.45) is 3.55. The molecule has 0 spiro atoms. The van der Waals surface area contributed by atoms with Crippen LogP contribution in [0, 0.1) is 5.82 Å². The van der Waals surface area contributed by atoms with Gasteiger partial charge in [0.1, 0.15) is 23.8 Å². The number of ether oxygens (including phenoxy) is 1. The number of fused-ring (bicyclic) bond motifs is 1. The highest BCUT2D eigenvalue weighted by Crippen LogP contribution is 2.12. The molecular formula is C18H18ClFN4O2. The fourth-order valence-electron chi connectivity index (χ4n) is 2.37. The van der Waals surface area contributed by atoms with Crippen LogP contribution in [0.3, 0.4) is 0 Å². The fourth-order valence-corrected chi connectivity index (χ4v) is 2.54. The van der Waals surface area contributed by atoms with Crippen molar-refractivity contribution in [3.8, 4) is 5.75 Å². The lowest BCUT2D eigenvalue weighted by molar-refractivity contribution is 0.226. The highest BCUT2D eigenvalue weighted by molar-refractivity contribution is 6.30. The van der Waals surface area contributed by atoms with Gasteiger partial charge in [-0.3, -0.25) is 0 Å². The number of pyridine rings is 1. The van der Waals surface area contributed by atoms with Gasteiger partial charge in [-0.25, -0.2) is 14.2 Å². The van der Waals surface area contributed by atoms with Gasteiger partial charge in [0.05, 0.1) is 23.3 Å². The predicted octanol–water partition coefficient (Wildman–Crippen LogP) is 3.39. The van der Waals surface area contributed by atoms with Crippen molar-refractivity contribution in [2.75, 3.05) is 6.61 Å². The van der Waals surface area contributed by atoms with Gasteiger partial charge >= 0.3 is 6.03 Å². The zero-order chi connectivity index (χ0) is 18.5. The number of halogens is 2. The number of hydrogen-bond donors (Lipinski definition) is 2. The molecule has 2 aromatic heterocycles. The zero-order valence-corrected chi connectivity index (χ0v) is 14.8. The summed E-state index contributed by atoms with van der Waals surface area (Å²) in [6.45, 7) is 2.30. The van der Waals surface area contributed by atoms with E-state index in [0.717, 1.165) is 5.65 Å². The summed E-state index contributed by atoms with van der Waals surface area (Å²) < 4.78 is 20.3. The number of nitrogens with zero attached hydrogens (tertiary/aromatic N) is 2. The van der Waals surface area contributed by atoms with Crippen molar-refractivity contribution in [1.29, 1.82) is 0 Å². The minimum absolute atomic E-state index is 0.226. The van der Waals surface area contributed by atoms with Crippen molar-refractivity contribution in [2.45, 2.75) is 19.5 Å². The van der Waals surface area contributed by atoms with Gasteiger partial charge in [0.25, 0.3) is 0 Å². The molecule has 136 valence electrons. The maximum absolute atomic E-state index is 13.1. The molecule has 3 aromatic rings. The Balaban J connectivity index is 1.45. The Labute approximate surface area is 154 Å². The van der Waals surface area contributed by atoms with Crippen molar-refractivity contribution in [2.24, 2.45) is 0 Å². The Hall–Kier alpha value is -2.80. The number of imidazole rings is 1. The molecule has 0 radical (unpaired) electrons. The van der Waals surface area contributed by atoms with Gasteiger partial charge < -0.3 is 19.8 Å². The van der Waals surface area contributed by atoms with Crippen LogP contribution in [0.2, 0.25) is 5.02 Å². The summed E-state index contributed by atoms with van der Waals surface area (Å²) in [4.78, 5) is 16.4. The number of benzene rings is 1. The average Bonchev–Trinajstić information content (AvgIpc) is 3.00. The van der Waals surface area contributed by atoms with Crippen LogP contribution in [-0.2, 0) is 6.54 Å². The highest BCUT2D eigenvalue weighted by atomic mass is 35.5. The van der Waals surface area contributed by atoms with Gasteiger partial charge in [0, 0.05) is 18.5 Å². The van der Waals surface area contributed by atoms with Crippen LogP contribution in [0.4, 0.5) is 9.18 Å². The molecule has 0 bridgehead atoms. The molecule has 0 saturated carbocycles. The minimum atomic E-state index is -0.366. The van der Waals surface area contributed by atoms with Gasteiger partial charge in [0.2, 0.25) is 0 Å². The van der Waals surface area contributed by atoms with E-state index in [2.05, 4.69) is 15.6 Å². The van der Waals surface area contributed by atoms with Gasteiger partial charge in [-0.05, 0) is 31.2 Å². The molecule has 2 amide bonds. The molecule has 0 aliphatic heterocycles. The SMILES string of the molecule is C[C@@H](COc1cccc(F)c1)NC(=O)NCc1cn2cc(Cl)ccc2n1. The molecule has 1 aromatic carbocycles. The quantitative estimate of drug-likeness (QED) is 0.693. The van der Waals surface area contributed by atoms with E-state index in [1.807, 2.05) is 0 Å². The maximum Gasteiger partial charge on any atom is 0.315 e. The van der Waals surface area contributed by atoms with Crippen LogP contribution >= 0.6 is 11.6 Å². The Kier molecular flexibility index (Phi) is 5.58. The van der Waals surface area contributed by atoms with E-state index < -0.39 is 0 Å². The molecular weight excluding hydrogens is 359 g/mol. The summed E-state index contributed by atoms with van der Waals surface area (Å²) in [5.74, 6) is 0.0528. The first-order valence-corrected chi connectivity index (χ1v) is 8.43. The molecule has 8 heteroatoms. The molecule has 0 aliphatic rings. The number of rotatable bonds is 6. The van der Waals surface area contributed by atoms with Crippen LogP contribution < -0.4 is 15.4 Å². The van der Waals surface area contributed by atoms with E-state index in [1.165, 1.54) is 12.1 Å². The summed E-state index contributed by atoms with van der Waals surface area (Å²) in [5.41, 5.74) is 1.47. The molecule has 6 nitrogen and oxygen atoms in total. The third kappa shape index (κ3) is 4.86. The van der Waals surface area contributed by atoms with Gasteiger partial charge in [0.15, 0.2) is 0 Å². The van der Waals surface area contributed by atoms with E-state index >= 15 is 0 Å². The Morgan fingerprint density at radius 1 is 1.35 bits per heavy atom. The number of aromatic nitrogens is 2. The topological polar surface area (TPSA) is 67.7 Å². The summed E-state index contributed by atoms with van der Waals surface area (Å²) in [7, 11) is 0. The van der Waals surface area contributed by atoms with Crippen LogP contribution in [0.5, 0.6) is 5.75 Å². The minimum Gasteiger partial charge on any atom is -0.491 e. The molecule has 0 unspecified atom stereocenters. The van der Waals surface area contributed by atoms with Gasteiger partial charge in [-0.2, -0.15) is 0 Å². The first kappa shape index (κ1) is 18.0. The molecule has 0 fully saturated rings. The molecule has 0 saturated heterocycles. The third-order valence-electron chi connectivity index (χ3n) is 3.57. The third-order valence-corrected chi connectivity index (χ3v) is 3.79. The van der Waals surface area contributed by atoms with E-state index in [9.17, 15) is 9.18 Å². The second-order valence-corrected chi connectivity index (χ2v) is 6.28. The van der Waals surface area contributed by atoms with Crippen molar-refractivity contribution in [1.82, 2.24) is 20.0 Å². The lowest BCUT2D eigenvalue weighted by Gasteiger charge is -2.15. The molecule has 2 heterocycles. The molecule has 3 rings (SSSR count). The lowest BCUT2D eigenvalue weighted by Crippen LogP contribution is -2.43. The van der Waals surface area contributed by atoms with Crippen LogP contribution in [0.1, 0.15) is 12.6 Å². The highest BCUT2D eigenvalue weighted by Gasteiger charge is 2.09. The Bertz CT molecular complexity index is 915. The van der Waals surface area contributed by atoms with Crippen LogP contribution in [-0.4, -0.2) is 28.1 Å². The molecule has 26 heavy (non-hydrogen) atoms. The Morgan fingerprint density at radius 2 is 2.19 bits per heavy atom. The monoisotopic (exact) mass is 376 g/mol. The van der Waals surface area contributed by atoms with E-state index in [-0.39, 0.29) is 31.0 Å². The largest absolute Gasteiger partial charge is 0.491 e. The van der Waals surface area contributed by atoms with E-state index in [1.54, 1.807) is 48.0 Å².